The summed E-state index contributed by atoms with van der Waals surface area (Å²) in [6, 6.07) is 17.4. The molecular weight excluding hydrogens is 220 g/mol. The van der Waals surface area contributed by atoms with Crippen LogP contribution in [0, 0.1) is 0 Å². The van der Waals surface area contributed by atoms with Gasteiger partial charge in [-0.25, -0.2) is 0 Å². The van der Waals surface area contributed by atoms with Gasteiger partial charge in [0.25, 0.3) is 0 Å². The molecule has 0 spiro atoms. The molecule has 2 N–H and O–H groups in total. The monoisotopic (exact) mass is 234 g/mol. The van der Waals surface area contributed by atoms with Crippen molar-refractivity contribution in [2.45, 2.75) is 12.5 Å². The number of nitrogens with one attached hydrogen (secondary N) is 2. The summed E-state index contributed by atoms with van der Waals surface area (Å²) in [7, 11) is 0. The number of aromatic amines is 1. The van der Waals surface area contributed by atoms with Gasteiger partial charge in [-0.05, 0) is 29.7 Å². The molecule has 0 radical (unpaired) electrons. The number of anilines is 1. The standard InChI is InChI=1S/C16H14N2/c1-3-7-14-11(5-1)9-16(18-14)13-10-17-15-8-4-2-6-12(13)15/h1-8,10,16-18H,9H2/t16-/m1/s1. The Morgan fingerprint density at radius 2 is 1.78 bits per heavy atom. The molecule has 1 aliphatic rings. The predicted octanol–water partition coefficient (Wildman–Crippen LogP) is 3.88. The second-order valence-electron chi connectivity index (χ2n) is 4.85. The molecule has 0 bridgehead atoms. The average Bonchev–Trinajstić information content (AvgIpc) is 3.02. The lowest BCUT2D eigenvalue weighted by Gasteiger charge is -2.10. The summed E-state index contributed by atoms with van der Waals surface area (Å²) in [4.78, 5) is 3.35. The van der Waals surface area contributed by atoms with Crippen LogP contribution in [0.5, 0.6) is 0 Å². The molecule has 88 valence electrons. The molecule has 1 aliphatic heterocycles. The van der Waals surface area contributed by atoms with Gasteiger partial charge in [0.15, 0.2) is 0 Å². The third-order valence-corrected chi connectivity index (χ3v) is 3.77. The number of hydrogen-bond donors (Lipinski definition) is 2. The first kappa shape index (κ1) is 9.77. The van der Waals surface area contributed by atoms with E-state index in [0.29, 0.717) is 6.04 Å². The van der Waals surface area contributed by atoms with E-state index in [1.54, 1.807) is 0 Å². The Bertz CT molecular complexity index is 687. The van der Waals surface area contributed by atoms with Crippen LogP contribution in [-0.4, -0.2) is 4.98 Å². The van der Waals surface area contributed by atoms with Gasteiger partial charge in [0.1, 0.15) is 0 Å². The van der Waals surface area contributed by atoms with Crippen molar-refractivity contribution in [3.05, 3.63) is 65.9 Å². The maximum atomic E-state index is 3.61. The summed E-state index contributed by atoms with van der Waals surface area (Å²) in [5.74, 6) is 0. The molecule has 0 unspecified atom stereocenters. The van der Waals surface area contributed by atoms with Crippen molar-refractivity contribution < 1.29 is 0 Å². The summed E-state index contributed by atoms with van der Waals surface area (Å²) in [5.41, 5.74) is 5.26. The van der Waals surface area contributed by atoms with E-state index in [1.807, 2.05) is 0 Å². The molecule has 2 nitrogen and oxygen atoms in total. The van der Waals surface area contributed by atoms with Gasteiger partial charge in [0, 0.05) is 22.8 Å². The Kier molecular flexibility index (Phi) is 1.97. The molecule has 0 amide bonds. The van der Waals surface area contributed by atoms with E-state index >= 15 is 0 Å². The Morgan fingerprint density at radius 3 is 2.72 bits per heavy atom. The fourth-order valence-electron chi connectivity index (χ4n) is 2.87. The minimum absolute atomic E-state index is 0.388. The molecule has 0 fully saturated rings. The van der Waals surface area contributed by atoms with Crippen molar-refractivity contribution in [1.82, 2.24) is 4.98 Å². The summed E-state index contributed by atoms with van der Waals surface area (Å²) >= 11 is 0. The average molecular weight is 234 g/mol. The Labute approximate surface area is 106 Å². The number of hydrogen-bond acceptors (Lipinski definition) is 1. The Balaban J connectivity index is 1.78. The minimum Gasteiger partial charge on any atom is -0.378 e. The smallest absolute Gasteiger partial charge is 0.0576 e. The van der Waals surface area contributed by atoms with Gasteiger partial charge in [-0.15, -0.1) is 0 Å². The van der Waals surface area contributed by atoms with Crippen LogP contribution < -0.4 is 5.32 Å². The number of benzene rings is 2. The number of aromatic nitrogens is 1. The topological polar surface area (TPSA) is 27.8 Å². The zero-order valence-electron chi connectivity index (χ0n) is 9.98. The lowest BCUT2D eigenvalue weighted by molar-refractivity contribution is 0.832. The minimum atomic E-state index is 0.388. The number of para-hydroxylation sites is 2. The van der Waals surface area contributed by atoms with Gasteiger partial charge in [0.2, 0.25) is 0 Å². The second kappa shape index (κ2) is 3.64. The van der Waals surface area contributed by atoms with E-state index in [2.05, 4.69) is 65.0 Å². The van der Waals surface area contributed by atoms with Crippen molar-refractivity contribution >= 4 is 16.6 Å². The molecule has 0 saturated heterocycles. The largest absolute Gasteiger partial charge is 0.378 e. The molecular formula is C16H14N2. The first-order valence-electron chi connectivity index (χ1n) is 6.32. The molecule has 0 aliphatic carbocycles. The summed E-state index contributed by atoms with van der Waals surface area (Å²) in [5, 5.41) is 4.93. The third-order valence-electron chi connectivity index (χ3n) is 3.77. The van der Waals surface area contributed by atoms with Gasteiger partial charge >= 0.3 is 0 Å². The second-order valence-corrected chi connectivity index (χ2v) is 4.85. The van der Waals surface area contributed by atoms with Crippen LogP contribution in [0.2, 0.25) is 0 Å². The highest BCUT2D eigenvalue weighted by atomic mass is 15.0. The van der Waals surface area contributed by atoms with Crippen molar-refractivity contribution in [3.8, 4) is 0 Å². The van der Waals surface area contributed by atoms with Crippen molar-refractivity contribution in [2.24, 2.45) is 0 Å². The van der Waals surface area contributed by atoms with Crippen LogP contribution in [-0.2, 0) is 6.42 Å². The van der Waals surface area contributed by atoms with Crippen LogP contribution in [0.3, 0.4) is 0 Å². The molecule has 2 heterocycles. The predicted molar refractivity (Wildman–Crippen MR) is 74.8 cm³/mol. The normalized spacial score (nSPS) is 17.7. The van der Waals surface area contributed by atoms with Crippen LogP contribution in [0.1, 0.15) is 17.2 Å². The van der Waals surface area contributed by atoms with E-state index in [-0.39, 0.29) is 0 Å². The van der Waals surface area contributed by atoms with Gasteiger partial charge in [0.05, 0.1) is 6.04 Å². The molecule has 0 saturated carbocycles. The lowest BCUT2D eigenvalue weighted by atomic mass is 10.0. The highest BCUT2D eigenvalue weighted by Crippen LogP contribution is 2.36. The van der Waals surface area contributed by atoms with E-state index in [1.165, 1.54) is 27.7 Å². The fourth-order valence-corrected chi connectivity index (χ4v) is 2.87. The molecule has 2 aromatic carbocycles. The van der Waals surface area contributed by atoms with Crippen LogP contribution >= 0.6 is 0 Å². The van der Waals surface area contributed by atoms with Crippen molar-refractivity contribution in [2.75, 3.05) is 5.32 Å². The van der Waals surface area contributed by atoms with Gasteiger partial charge in [-0.2, -0.15) is 0 Å². The Morgan fingerprint density at radius 1 is 0.944 bits per heavy atom. The highest BCUT2D eigenvalue weighted by molar-refractivity contribution is 5.84. The zero-order chi connectivity index (χ0) is 11.9. The quantitative estimate of drug-likeness (QED) is 0.657. The van der Waals surface area contributed by atoms with Gasteiger partial charge in [-0.3, -0.25) is 0 Å². The van der Waals surface area contributed by atoms with Crippen molar-refractivity contribution in [3.63, 3.8) is 0 Å². The maximum absolute atomic E-state index is 3.61. The van der Waals surface area contributed by atoms with Crippen LogP contribution in [0.25, 0.3) is 10.9 Å². The molecule has 3 aromatic rings. The number of fused-ring (bicyclic) bond motifs is 2. The number of rotatable bonds is 1. The molecule has 18 heavy (non-hydrogen) atoms. The van der Waals surface area contributed by atoms with Crippen LogP contribution in [0.15, 0.2) is 54.7 Å². The van der Waals surface area contributed by atoms with Crippen LogP contribution in [0.4, 0.5) is 5.69 Å². The molecule has 2 heteroatoms. The maximum Gasteiger partial charge on any atom is 0.0576 e. The van der Waals surface area contributed by atoms with E-state index in [4.69, 9.17) is 0 Å². The first-order valence-corrected chi connectivity index (χ1v) is 6.32. The van der Waals surface area contributed by atoms with E-state index in [0.717, 1.165) is 6.42 Å². The Hall–Kier alpha value is -2.22. The zero-order valence-corrected chi connectivity index (χ0v) is 9.98. The van der Waals surface area contributed by atoms with Crippen molar-refractivity contribution in [1.29, 1.82) is 0 Å². The van der Waals surface area contributed by atoms with E-state index in [9.17, 15) is 0 Å². The fraction of sp³-hybridized carbons (Fsp3) is 0.125. The molecule has 1 atom stereocenters. The third kappa shape index (κ3) is 1.35. The van der Waals surface area contributed by atoms with E-state index < -0.39 is 0 Å². The van der Waals surface area contributed by atoms with Gasteiger partial charge < -0.3 is 10.3 Å². The summed E-state index contributed by atoms with van der Waals surface area (Å²) in [6.45, 7) is 0. The number of H-pyrrole nitrogens is 1. The molecule has 4 rings (SSSR count). The molecule has 1 aromatic heterocycles. The summed E-state index contributed by atoms with van der Waals surface area (Å²) in [6.07, 6.45) is 3.20. The lowest BCUT2D eigenvalue weighted by Crippen LogP contribution is -2.04. The summed E-state index contributed by atoms with van der Waals surface area (Å²) < 4.78 is 0. The van der Waals surface area contributed by atoms with Gasteiger partial charge in [-0.1, -0.05) is 36.4 Å². The first-order chi connectivity index (χ1) is 8.92. The SMILES string of the molecule is c1ccc2c(c1)C[C@H](c1c[nH]c3ccccc13)N2. The highest BCUT2D eigenvalue weighted by Gasteiger charge is 2.23.